The highest BCUT2D eigenvalue weighted by Gasteiger charge is 2.42. The molecule has 0 aromatic heterocycles. The molecule has 0 fully saturated rings. The van der Waals surface area contributed by atoms with Gasteiger partial charge in [-0.25, -0.2) is 0 Å². The van der Waals surface area contributed by atoms with E-state index in [1.54, 1.807) is 24.3 Å². The lowest BCUT2D eigenvalue weighted by molar-refractivity contribution is -0.159. The van der Waals surface area contributed by atoms with E-state index in [4.69, 9.17) is 10.5 Å². The van der Waals surface area contributed by atoms with Gasteiger partial charge < -0.3 is 15.6 Å². The molecule has 0 radical (unpaired) electrons. The van der Waals surface area contributed by atoms with E-state index in [2.05, 4.69) is 0 Å². The summed E-state index contributed by atoms with van der Waals surface area (Å²) in [6.07, 6.45) is 4.82. The molecule has 0 bridgehead atoms. The van der Waals surface area contributed by atoms with Crippen LogP contribution in [-0.4, -0.2) is 29.8 Å². The van der Waals surface area contributed by atoms with Gasteiger partial charge in [0.05, 0.1) is 11.6 Å². The van der Waals surface area contributed by atoms with Crippen molar-refractivity contribution in [3.8, 4) is 0 Å². The molecule has 0 heterocycles. The zero-order valence-electron chi connectivity index (χ0n) is 12.2. The minimum atomic E-state index is -1.82. The quantitative estimate of drug-likeness (QED) is 0.672. The molecule has 0 amide bonds. The maximum Gasteiger partial charge on any atom is 0.215 e. The van der Waals surface area contributed by atoms with E-state index in [-0.39, 0.29) is 11.4 Å². The molecule has 2 atom stereocenters. The molecule has 0 saturated heterocycles. The van der Waals surface area contributed by atoms with Crippen molar-refractivity contribution >= 4 is 16.6 Å². The van der Waals surface area contributed by atoms with Crippen LogP contribution in [-0.2, 0) is 4.74 Å². The number of aliphatic hydroxyl groups is 1. The first-order valence-corrected chi connectivity index (χ1v) is 7.02. The number of carbonyl (C=O) groups is 1. The van der Waals surface area contributed by atoms with Gasteiger partial charge in [-0.3, -0.25) is 4.79 Å². The van der Waals surface area contributed by atoms with Gasteiger partial charge in [0, 0.05) is 12.7 Å². The Morgan fingerprint density at radius 2 is 1.95 bits per heavy atom. The largest absolute Gasteiger partial charge is 0.360 e. The van der Waals surface area contributed by atoms with Crippen LogP contribution in [0.4, 0.5) is 0 Å². The van der Waals surface area contributed by atoms with E-state index < -0.39 is 11.8 Å². The Labute approximate surface area is 128 Å². The fourth-order valence-electron chi connectivity index (χ4n) is 2.75. The summed E-state index contributed by atoms with van der Waals surface area (Å²) in [5.41, 5.74) is 6.54. The van der Waals surface area contributed by atoms with Gasteiger partial charge in [0.15, 0.2) is 5.78 Å². The summed E-state index contributed by atoms with van der Waals surface area (Å²) >= 11 is 0. The third kappa shape index (κ3) is 2.18. The number of methoxy groups -OCH3 is 1. The SMILES string of the molecule is COC1(O)C(C(=O)c2cccc3ccccc23)=CC=CC1N. The Balaban J connectivity index is 2.14. The first-order chi connectivity index (χ1) is 10.6. The van der Waals surface area contributed by atoms with E-state index >= 15 is 0 Å². The molecule has 112 valence electrons. The number of Topliss-reactive ketones (excluding diaryl/α,β-unsaturated/α-hetero) is 1. The first-order valence-electron chi connectivity index (χ1n) is 7.02. The molecule has 4 nitrogen and oxygen atoms in total. The number of rotatable bonds is 3. The highest BCUT2D eigenvalue weighted by molar-refractivity contribution is 6.17. The third-order valence-electron chi connectivity index (χ3n) is 4.01. The Morgan fingerprint density at radius 1 is 1.23 bits per heavy atom. The summed E-state index contributed by atoms with van der Waals surface area (Å²) < 4.78 is 5.15. The summed E-state index contributed by atoms with van der Waals surface area (Å²) in [6, 6.07) is 12.3. The molecule has 2 unspecified atom stereocenters. The average Bonchev–Trinajstić information content (AvgIpc) is 2.56. The average molecular weight is 295 g/mol. The standard InChI is InChI=1S/C18H17NO3/c1-22-18(21)15(10-5-11-16(18)19)17(20)14-9-4-7-12-6-2-3-8-13(12)14/h2-11,16,21H,19H2,1H3. The zero-order valence-corrected chi connectivity index (χ0v) is 12.2. The maximum absolute atomic E-state index is 12.9. The highest BCUT2D eigenvalue weighted by atomic mass is 16.6. The van der Waals surface area contributed by atoms with Crippen molar-refractivity contribution < 1.29 is 14.6 Å². The maximum atomic E-state index is 12.9. The van der Waals surface area contributed by atoms with Crippen molar-refractivity contribution in [3.05, 3.63) is 71.8 Å². The number of benzene rings is 2. The second-order valence-electron chi connectivity index (χ2n) is 5.25. The van der Waals surface area contributed by atoms with Crippen LogP contribution in [0.5, 0.6) is 0 Å². The molecule has 0 saturated carbocycles. The molecule has 2 aromatic carbocycles. The number of ketones is 1. The molecule has 3 rings (SSSR count). The number of hydrogen-bond donors (Lipinski definition) is 2. The smallest absolute Gasteiger partial charge is 0.215 e. The second-order valence-corrected chi connectivity index (χ2v) is 5.25. The third-order valence-corrected chi connectivity index (χ3v) is 4.01. The molecular formula is C18H17NO3. The number of fused-ring (bicyclic) bond motifs is 1. The van der Waals surface area contributed by atoms with Crippen LogP contribution in [0.15, 0.2) is 66.3 Å². The Bertz CT molecular complexity index is 789. The molecule has 0 spiro atoms. The van der Waals surface area contributed by atoms with Gasteiger partial charge in [-0.05, 0) is 16.8 Å². The Kier molecular flexibility index (Phi) is 3.66. The van der Waals surface area contributed by atoms with Crippen molar-refractivity contribution in [3.63, 3.8) is 0 Å². The van der Waals surface area contributed by atoms with Crippen LogP contribution in [0, 0.1) is 0 Å². The molecule has 22 heavy (non-hydrogen) atoms. The molecule has 2 aromatic rings. The van der Waals surface area contributed by atoms with Crippen molar-refractivity contribution in [2.75, 3.05) is 7.11 Å². The fraction of sp³-hybridized carbons (Fsp3) is 0.167. The van der Waals surface area contributed by atoms with Crippen molar-refractivity contribution in [1.29, 1.82) is 0 Å². The number of hydrogen-bond acceptors (Lipinski definition) is 4. The van der Waals surface area contributed by atoms with Crippen LogP contribution in [0.1, 0.15) is 10.4 Å². The minimum absolute atomic E-state index is 0.140. The van der Waals surface area contributed by atoms with E-state index in [9.17, 15) is 9.90 Å². The van der Waals surface area contributed by atoms with Gasteiger partial charge in [0.1, 0.15) is 0 Å². The van der Waals surface area contributed by atoms with Gasteiger partial charge in [-0.1, -0.05) is 54.6 Å². The molecule has 0 aliphatic heterocycles. The van der Waals surface area contributed by atoms with Gasteiger partial charge >= 0.3 is 0 Å². The topological polar surface area (TPSA) is 72.5 Å². The Morgan fingerprint density at radius 3 is 2.73 bits per heavy atom. The number of ether oxygens (including phenoxy) is 1. The summed E-state index contributed by atoms with van der Waals surface area (Å²) in [5, 5.41) is 12.4. The van der Waals surface area contributed by atoms with Crippen LogP contribution in [0.25, 0.3) is 10.8 Å². The van der Waals surface area contributed by atoms with Crippen LogP contribution in [0.2, 0.25) is 0 Å². The first kappa shape index (κ1) is 14.7. The number of carbonyl (C=O) groups excluding carboxylic acids is 1. The summed E-state index contributed by atoms with van der Waals surface area (Å²) in [5.74, 6) is -2.11. The normalized spacial score (nSPS) is 24.3. The predicted octanol–water partition coefficient (Wildman–Crippen LogP) is 2.18. The lowest BCUT2D eigenvalue weighted by Gasteiger charge is -2.34. The van der Waals surface area contributed by atoms with Crippen molar-refractivity contribution in [1.82, 2.24) is 0 Å². The summed E-state index contributed by atoms with van der Waals surface area (Å²) in [7, 11) is 1.34. The van der Waals surface area contributed by atoms with Crippen molar-refractivity contribution in [2.45, 2.75) is 11.8 Å². The lowest BCUT2D eigenvalue weighted by atomic mass is 9.86. The highest BCUT2D eigenvalue weighted by Crippen LogP contribution is 2.30. The fourth-order valence-corrected chi connectivity index (χ4v) is 2.75. The molecular weight excluding hydrogens is 278 g/mol. The summed E-state index contributed by atoms with van der Waals surface area (Å²) in [6.45, 7) is 0. The number of nitrogens with two attached hydrogens (primary N) is 1. The minimum Gasteiger partial charge on any atom is -0.360 e. The molecule has 1 aliphatic carbocycles. The molecule has 3 N–H and O–H groups in total. The van der Waals surface area contributed by atoms with E-state index in [1.807, 2.05) is 36.4 Å². The molecule has 4 heteroatoms. The number of allylic oxidation sites excluding steroid dienone is 2. The lowest BCUT2D eigenvalue weighted by Crippen LogP contribution is -2.52. The van der Waals surface area contributed by atoms with Crippen LogP contribution in [0.3, 0.4) is 0 Å². The van der Waals surface area contributed by atoms with Crippen LogP contribution >= 0.6 is 0 Å². The zero-order chi connectivity index (χ0) is 15.7. The van der Waals surface area contributed by atoms with Gasteiger partial charge in [-0.15, -0.1) is 0 Å². The van der Waals surface area contributed by atoms with E-state index in [0.29, 0.717) is 5.56 Å². The summed E-state index contributed by atoms with van der Waals surface area (Å²) in [4.78, 5) is 12.9. The molecule has 1 aliphatic rings. The van der Waals surface area contributed by atoms with Gasteiger partial charge in [0.2, 0.25) is 5.79 Å². The Hall–Kier alpha value is -2.27. The van der Waals surface area contributed by atoms with Crippen LogP contribution < -0.4 is 5.73 Å². The monoisotopic (exact) mass is 295 g/mol. The van der Waals surface area contributed by atoms with E-state index in [1.165, 1.54) is 7.11 Å². The van der Waals surface area contributed by atoms with Gasteiger partial charge in [0.25, 0.3) is 0 Å². The predicted molar refractivity (Wildman–Crippen MR) is 85.4 cm³/mol. The van der Waals surface area contributed by atoms with Gasteiger partial charge in [-0.2, -0.15) is 0 Å². The van der Waals surface area contributed by atoms with Crippen molar-refractivity contribution in [2.24, 2.45) is 5.73 Å². The van der Waals surface area contributed by atoms with E-state index in [0.717, 1.165) is 10.8 Å². The second kappa shape index (κ2) is 5.50.